The molecule has 92 valence electrons. The van der Waals surface area contributed by atoms with Crippen molar-refractivity contribution in [3.05, 3.63) is 33.9 Å². The third-order valence-corrected chi connectivity index (χ3v) is 2.24. The van der Waals surface area contributed by atoms with Crippen LogP contribution in [0.5, 0.6) is 5.75 Å². The van der Waals surface area contributed by atoms with Crippen LogP contribution in [0.4, 0.5) is 5.69 Å². The van der Waals surface area contributed by atoms with Crippen molar-refractivity contribution >= 4 is 11.7 Å². The average molecular weight is 240 g/mol. The lowest BCUT2D eigenvalue weighted by Crippen LogP contribution is -2.16. The van der Waals surface area contributed by atoms with Crippen molar-refractivity contribution in [3.63, 3.8) is 0 Å². The number of hydrogen-bond acceptors (Lipinski definition) is 6. The monoisotopic (exact) mass is 240 g/mol. The molecule has 7 nitrogen and oxygen atoms in total. The van der Waals surface area contributed by atoms with Crippen LogP contribution in [0.3, 0.4) is 0 Å². The molecule has 0 amide bonds. The van der Waals surface area contributed by atoms with Gasteiger partial charge < -0.3 is 15.6 Å². The lowest BCUT2D eigenvalue weighted by atomic mass is 10.0. The Bertz CT molecular complexity index is 446. The van der Waals surface area contributed by atoms with Crippen molar-refractivity contribution < 1.29 is 19.6 Å². The molecule has 1 atom stereocenters. The molecule has 0 bridgehead atoms. The Morgan fingerprint density at radius 3 is 2.82 bits per heavy atom. The number of ether oxygens (including phenoxy) is 1. The highest BCUT2D eigenvalue weighted by molar-refractivity contribution is 5.70. The quantitative estimate of drug-likeness (QED) is 0.458. The Kier molecular flexibility index (Phi) is 4.00. The molecule has 0 radical (unpaired) electrons. The first-order chi connectivity index (χ1) is 7.95. The highest BCUT2D eigenvalue weighted by atomic mass is 16.6. The van der Waals surface area contributed by atoms with Gasteiger partial charge in [-0.3, -0.25) is 14.9 Å². The lowest BCUT2D eigenvalue weighted by Gasteiger charge is -2.10. The Balaban J connectivity index is 2.95. The highest BCUT2D eigenvalue weighted by Crippen LogP contribution is 2.29. The summed E-state index contributed by atoms with van der Waals surface area (Å²) >= 11 is 0. The number of nitro groups is 1. The molecule has 3 N–H and O–H groups in total. The van der Waals surface area contributed by atoms with E-state index in [1.807, 2.05) is 0 Å². The van der Waals surface area contributed by atoms with Gasteiger partial charge in [-0.05, 0) is 11.6 Å². The van der Waals surface area contributed by atoms with Crippen LogP contribution in [0.2, 0.25) is 0 Å². The normalized spacial score (nSPS) is 11.9. The number of rotatable bonds is 4. The van der Waals surface area contributed by atoms with E-state index < -0.39 is 28.4 Å². The van der Waals surface area contributed by atoms with Crippen LogP contribution in [0.15, 0.2) is 18.2 Å². The molecule has 0 aliphatic heterocycles. The molecule has 7 heteroatoms. The van der Waals surface area contributed by atoms with Gasteiger partial charge in [-0.15, -0.1) is 0 Å². The maximum Gasteiger partial charge on any atom is 0.311 e. The van der Waals surface area contributed by atoms with Crippen molar-refractivity contribution in [2.24, 2.45) is 5.73 Å². The van der Waals surface area contributed by atoms with E-state index in [4.69, 9.17) is 5.73 Å². The zero-order valence-electron chi connectivity index (χ0n) is 9.12. The molecule has 0 heterocycles. The van der Waals surface area contributed by atoms with E-state index in [0.29, 0.717) is 5.56 Å². The van der Waals surface area contributed by atoms with E-state index in [1.165, 1.54) is 19.2 Å². The molecule has 0 unspecified atom stereocenters. The van der Waals surface area contributed by atoms with Gasteiger partial charge in [-0.25, -0.2) is 0 Å². The largest absolute Gasteiger partial charge is 0.502 e. The Hall–Kier alpha value is -2.15. The molecule has 1 rings (SSSR count). The Labute approximate surface area is 97.0 Å². The van der Waals surface area contributed by atoms with Gasteiger partial charge >= 0.3 is 11.7 Å². The minimum absolute atomic E-state index is 0.0849. The van der Waals surface area contributed by atoms with Crippen LogP contribution in [-0.4, -0.2) is 23.1 Å². The van der Waals surface area contributed by atoms with Gasteiger partial charge in [-0.1, -0.05) is 6.07 Å². The summed E-state index contributed by atoms with van der Waals surface area (Å²) in [5, 5.41) is 19.8. The SMILES string of the molecule is COC(=O)C[C@H](N)c1ccc(O)c([N+](=O)[O-])c1. The molecule has 17 heavy (non-hydrogen) atoms. The smallest absolute Gasteiger partial charge is 0.311 e. The molecule has 0 aliphatic carbocycles. The molecule has 1 aromatic rings. The second kappa shape index (κ2) is 5.26. The van der Waals surface area contributed by atoms with Crippen LogP contribution in [0.1, 0.15) is 18.0 Å². The third-order valence-electron chi connectivity index (χ3n) is 2.24. The molecule has 0 saturated heterocycles. The first-order valence-corrected chi connectivity index (χ1v) is 4.75. The zero-order chi connectivity index (χ0) is 13.0. The summed E-state index contributed by atoms with van der Waals surface area (Å²) in [6.07, 6.45) is -0.0849. The van der Waals surface area contributed by atoms with E-state index in [-0.39, 0.29) is 6.42 Å². The van der Waals surface area contributed by atoms with Gasteiger partial charge in [0, 0.05) is 12.1 Å². The maximum atomic E-state index is 11.0. The number of nitrogens with zero attached hydrogens (tertiary/aromatic N) is 1. The van der Waals surface area contributed by atoms with E-state index in [9.17, 15) is 20.0 Å². The number of phenolic OH excluding ortho intramolecular Hbond substituents is 1. The topological polar surface area (TPSA) is 116 Å². The van der Waals surface area contributed by atoms with E-state index in [1.54, 1.807) is 0 Å². The molecule has 0 aromatic heterocycles. The fourth-order valence-corrected chi connectivity index (χ4v) is 1.30. The number of carbonyl (C=O) groups is 1. The van der Waals surface area contributed by atoms with Crippen molar-refractivity contribution in [2.45, 2.75) is 12.5 Å². The fourth-order valence-electron chi connectivity index (χ4n) is 1.30. The zero-order valence-corrected chi connectivity index (χ0v) is 9.12. The molecule has 0 aliphatic rings. The van der Waals surface area contributed by atoms with Crippen LogP contribution in [-0.2, 0) is 9.53 Å². The Morgan fingerprint density at radius 2 is 2.29 bits per heavy atom. The highest BCUT2D eigenvalue weighted by Gasteiger charge is 2.18. The first kappa shape index (κ1) is 12.9. The van der Waals surface area contributed by atoms with E-state index >= 15 is 0 Å². The number of aromatic hydroxyl groups is 1. The minimum atomic E-state index is -0.719. The number of methoxy groups -OCH3 is 1. The summed E-state index contributed by atoms with van der Waals surface area (Å²) in [6, 6.07) is 3.03. The summed E-state index contributed by atoms with van der Waals surface area (Å²) in [4.78, 5) is 20.9. The molecule has 1 aromatic carbocycles. The van der Waals surface area contributed by atoms with Gasteiger partial charge in [-0.2, -0.15) is 0 Å². The third kappa shape index (κ3) is 3.15. The standard InChI is InChI=1S/C10H12N2O5/c1-17-10(14)5-7(11)6-2-3-9(13)8(4-6)12(15)16/h2-4,7,13H,5,11H2,1H3/t7-/m0/s1. The number of benzene rings is 1. The lowest BCUT2D eigenvalue weighted by molar-refractivity contribution is -0.385. The van der Waals surface area contributed by atoms with Gasteiger partial charge in [0.15, 0.2) is 5.75 Å². The predicted octanol–water partition coefficient (Wildman–Crippen LogP) is 0.863. The fraction of sp³-hybridized carbons (Fsp3) is 0.300. The van der Waals surface area contributed by atoms with Crippen LogP contribution >= 0.6 is 0 Å². The van der Waals surface area contributed by atoms with E-state index in [0.717, 1.165) is 6.07 Å². The van der Waals surface area contributed by atoms with Gasteiger partial charge in [0.25, 0.3) is 0 Å². The number of nitro benzene ring substituents is 1. The molecular formula is C10H12N2O5. The Morgan fingerprint density at radius 1 is 1.65 bits per heavy atom. The number of nitrogens with two attached hydrogens (primary N) is 1. The van der Waals surface area contributed by atoms with Crippen LogP contribution < -0.4 is 5.73 Å². The molecule has 0 spiro atoms. The summed E-state index contributed by atoms with van der Waals surface area (Å²) in [5.41, 5.74) is 5.63. The van der Waals surface area contributed by atoms with Gasteiger partial charge in [0.1, 0.15) is 0 Å². The van der Waals surface area contributed by atoms with Crippen molar-refractivity contribution in [1.29, 1.82) is 0 Å². The second-order valence-electron chi connectivity index (χ2n) is 3.39. The summed E-state index contributed by atoms with van der Waals surface area (Å²) in [7, 11) is 1.23. The average Bonchev–Trinajstić information content (AvgIpc) is 2.28. The summed E-state index contributed by atoms with van der Waals surface area (Å²) in [6.45, 7) is 0. The van der Waals surface area contributed by atoms with Crippen LogP contribution in [0, 0.1) is 10.1 Å². The van der Waals surface area contributed by atoms with Gasteiger partial charge in [0.2, 0.25) is 0 Å². The number of hydrogen-bond donors (Lipinski definition) is 2. The van der Waals surface area contributed by atoms with Crippen molar-refractivity contribution in [3.8, 4) is 5.75 Å². The number of phenols is 1. The molecular weight excluding hydrogens is 228 g/mol. The molecule has 0 fully saturated rings. The second-order valence-corrected chi connectivity index (χ2v) is 3.39. The summed E-state index contributed by atoms with van der Waals surface area (Å²) < 4.78 is 4.44. The van der Waals surface area contributed by atoms with Crippen LogP contribution in [0.25, 0.3) is 0 Å². The minimum Gasteiger partial charge on any atom is -0.502 e. The van der Waals surface area contributed by atoms with Gasteiger partial charge in [0.05, 0.1) is 18.5 Å². The molecule has 0 saturated carbocycles. The number of carbonyl (C=O) groups excluding carboxylic acids is 1. The number of esters is 1. The van der Waals surface area contributed by atoms with Crippen molar-refractivity contribution in [2.75, 3.05) is 7.11 Å². The van der Waals surface area contributed by atoms with Crippen molar-refractivity contribution in [1.82, 2.24) is 0 Å². The summed E-state index contributed by atoms with van der Waals surface area (Å²) in [5.74, 6) is -0.947. The first-order valence-electron chi connectivity index (χ1n) is 4.75. The predicted molar refractivity (Wildman–Crippen MR) is 58.3 cm³/mol. The maximum absolute atomic E-state index is 11.0. The van der Waals surface area contributed by atoms with E-state index in [2.05, 4.69) is 4.74 Å².